The molecule has 2 aromatic heterocycles. The number of hydrogen-bond acceptors (Lipinski definition) is 7. The van der Waals surface area contributed by atoms with Crippen molar-refractivity contribution in [2.75, 3.05) is 44.2 Å². The molecule has 0 aliphatic carbocycles. The van der Waals surface area contributed by atoms with Crippen LogP contribution in [0.15, 0.2) is 52.9 Å². The van der Waals surface area contributed by atoms with Gasteiger partial charge in [0.1, 0.15) is 10.7 Å². The number of aromatic nitrogens is 1. The number of carbonyl (C=O) groups is 1. The van der Waals surface area contributed by atoms with E-state index in [0.29, 0.717) is 6.42 Å². The molecule has 5 rings (SSSR count). The average Bonchev–Trinajstić information content (AvgIpc) is 3.34. The Balaban J connectivity index is 0.00000245. The lowest BCUT2D eigenvalue weighted by Crippen LogP contribution is -2.47. The van der Waals surface area contributed by atoms with E-state index in [2.05, 4.69) is 32.3 Å². The molecule has 7 nitrogen and oxygen atoms in total. The fourth-order valence-electron chi connectivity index (χ4n) is 4.36. The molecule has 1 amide bonds. The predicted octanol–water partition coefficient (Wildman–Crippen LogP) is 3.47. The number of benzene rings is 1. The summed E-state index contributed by atoms with van der Waals surface area (Å²) in [7, 11) is -3.69. The molecule has 2 aliphatic rings. The monoisotopic (exact) mass is 492 g/mol. The Bertz CT molecular complexity index is 1220. The Hall–Kier alpha value is -2.20. The van der Waals surface area contributed by atoms with E-state index in [1.807, 2.05) is 6.20 Å². The number of pyridine rings is 1. The molecule has 32 heavy (non-hydrogen) atoms. The highest BCUT2D eigenvalue weighted by molar-refractivity contribution is 7.90. The molecule has 0 spiro atoms. The minimum Gasteiger partial charge on any atom is -0.354 e. The summed E-state index contributed by atoms with van der Waals surface area (Å²) >= 11 is 1.74. The van der Waals surface area contributed by atoms with Crippen molar-refractivity contribution in [1.82, 2.24) is 14.2 Å². The van der Waals surface area contributed by atoms with Gasteiger partial charge < -0.3 is 4.90 Å². The van der Waals surface area contributed by atoms with E-state index in [4.69, 9.17) is 0 Å². The summed E-state index contributed by atoms with van der Waals surface area (Å²) in [5, 5.41) is 3.33. The van der Waals surface area contributed by atoms with Crippen LogP contribution in [-0.4, -0.2) is 67.8 Å². The second kappa shape index (κ2) is 9.35. The standard InChI is InChI=1S/C22H24N4O3S2.ClH/c27-22-18-5-1-2-6-20(18)31(28,29)26(22)11-4-3-10-24-12-14-25(15-13-24)21-17-8-16-30-19(17)7-9-23-21;/h1-2,5-9,16H,3-4,10-15H2;1H. The van der Waals surface area contributed by atoms with Crippen molar-refractivity contribution in [1.29, 1.82) is 0 Å². The van der Waals surface area contributed by atoms with Gasteiger partial charge in [0.2, 0.25) is 0 Å². The van der Waals surface area contributed by atoms with Gasteiger partial charge in [-0.1, -0.05) is 12.1 Å². The molecular weight excluding hydrogens is 468 g/mol. The number of carbonyl (C=O) groups excluding carboxylic acids is 1. The van der Waals surface area contributed by atoms with E-state index in [0.717, 1.165) is 49.3 Å². The van der Waals surface area contributed by atoms with Crippen molar-refractivity contribution < 1.29 is 13.2 Å². The molecule has 10 heteroatoms. The Morgan fingerprint density at radius 1 is 0.969 bits per heavy atom. The molecule has 170 valence electrons. The van der Waals surface area contributed by atoms with Crippen molar-refractivity contribution in [2.45, 2.75) is 17.7 Å². The number of rotatable bonds is 6. The molecule has 1 fully saturated rings. The van der Waals surface area contributed by atoms with Crippen LogP contribution in [0.4, 0.5) is 5.82 Å². The van der Waals surface area contributed by atoms with Crippen LogP contribution in [0.3, 0.4) is 0 Å². The highest BCUT2D eigenvalue weighted by Crippen LogP contribution is 2.30. The molecule has 0 saturated carbocycles. The van der Waals surface area contributed by atoms with Gasteiger partial charge in [-0.25, -0.2) is 17.7 Å². The first kappa shape index (κ1) is 23.0. The largest absolute Gasteiger partial charge is 0.354 e. The Kier molecular flexibility index (Phi) is 6.71. The molecule has 0 unspecified atom stereocenters. The summed E-state index contributed by atoms with van der Waals surface area (Å²) in [6.45, 7) is 4.90. The van der Waals surface area contributed by atoms with E-state index in [9.17, 15) is 13.2 Å². The maximum atomic E-state index is 12.6. The van der Waals surface area contributed by atoms with Crippen LogP contribution < -0.4 is 4.90 Å². The van der Waals surface area contributed by atoms with Gasteiger partial charge in [-0.3, -0.25) is 9.69 Å². The van der Waals surface area contributed by atoms with Crippen LogP contribution in [-0.2, 0) is 10.0 Å². The van der Waals surface area contributed by atoms with E-state index in [1.54, 1.807) is 29.5 Å². The summed E-state index contributed by atoms with van der Waals surface area (Å²) in [4.78, 5) is 22.0. The van der Waals surface area contributed by atoms with Gasteiger partial charge in [0.05, 0.1) is 5.56 Å². The summed E-state index contributed by atoms with van der Waals surface area (Å²) in [5.41, 5.74) is 0.285. The number of amides is 1. The topological polar surface area (TPSA) is 73.8 Å². The van der Waals surface area contributed by atoms with E-state index < -0.39 is 15.9 Å². The van der Waals surface area contributed by atoms with Crippen molar-refractivity contribution in [3.63, 3.8) is 0 Å². The first-order valence-corrected chi connectivity index (χ1v) is 12.8. The minimum atomic E-state index is -3.69. The molecule has 1 aromatic carbocycles. The van der Waals surface area contributed by atoms with Crippen LogP contribution in [0.25, 0.3) is 10.1 Å². The third-order valence-corrected chi connectivity index (χ3v) is 8.75. The quantitative estimate of drug-likeness (QED) is 0.490. The Labute approximate surface area is 198 Å². The zero-order chi connectivity index (χ0) is 21.4. The SMILES string of the molecule is Cl.O=C1c2ccccc2S(=O)(=O)N1CCCCN1CCN(c2nccc3sccc23)CC1. The van der Waals surface area contributed by atoms with E-state index >= 15 is 0 Å². The number of piperazine rings is 1. The highest BCUT2D eigenvalue weighted by atomic mass is 35.5. The molecule has 4 heterocycles. The average molecular weight is 493 g/mol. The molecule has 0 N–H and O–H groups in total. The van der Waals surface area contributed by atoms with Crippen LogP contribution in [0, 0.1) is 0 Å². The molecule has 0 atom stereocenters. The Morgan fingerprint density at radius 3 is 2.50 bits per heavy atom. The molecule has 0 bridgehead atoms. The third-order valence-electron chi connectivity index (χ3n) is 6.03. The number of nitrogens with zero attached hydrogens (tertiary/aromatic N) is 4. The lowest BCUT2D eigenvalue weighted by Gasteiger charge is -2.35. The second-order valence-electron chi connectivity index (χ2n) is 7.88. The van der Waals surface area contributed by atoms with E-state index in [-0.39, 0.29) is 29.4 Å². The molecule has 3 aromatic rings. The summed E-state index contributed by atoms with van der Waals surface area (Å²) in [5.74, 6) is 0.662. The zero-order valence-corrected chi connectivity index (χ0v) is 20.0. The first-order chi connectivity index (χ1) is 15.1. The molecule has 0 radical (unpaired) electrons. The van der Waals surface area contributed by atoms with Gasteiger partial charge in [0.15, 0.2) is 0 Å². The van der Waals surface area contributed by atoms with Crippen LogP contribution >= 0.6 is 23.7 Å². The van der Waals surface area contributed by atoms with Gasteiger partial charge in [0.25, 0.3) is 15.9 Å². The van der Waals surface area contributed by atoms with Crippen molar-refractivity contribution in [2.24, 2.45) is 0 Å². The number of fused-ring (bicyclic) bond motifs is 2. The molecular formula is C22H25ClN4O3S2. The summed E-state index contributed by atoms with van der Waals surface area (Å²) < 4.78 is 27.5. The number of anilines is 1. The first-order valence-electron chi connectivity index (χ1n) is 10.5. The number of thiophene rings is 1. The number of halogens is 1. The highest BCUT2D eigenvalue weighted by Gasteiger charge is 2.40. The van der Waals surface area contributed by atoms with E-state index in [1.165, 1.54) is 16.2 Å². The maximum absolute atomic E-state index is 12.6. The van der Waals surface area contributed by atoms with Crippen LogP contribution in [0.5, 0.6) is 0 Å². The lowest BCUT2D eigenvalue weighted by molar-refractivity contribution is 0.0868. The fraction of sp³-hybridized carbons (Fsp3) is 0.364. The molecule has 1 saturated heterocycles. The van der Waals surface area contributed by atoms with Crippen molar-refractivity contribution in [3.05, 3.63) is 53.5 Å². The second-order valence-corrected chi connectivity index (χ2v) is 10.7. The van der Waals surface area contributed by atoms with Gasteiger partial charge in [0, 0.05) is 49.0 Å². The van der Waals surface area contributed by atoms with Gasteiger partial charge >= 0.3 is 0 Å². The van der Waals surface area contributed by atoms with Crippen LogP contribution in [0.2, 0.25) is 0 Å². The number of unbranched alkanes of at least 4 members (excludes halogenated alkanes) is 1. The summed E-state index contributed by atoms with van der Waals surface area (Å²) in [6, 6.07) is 10.6. The normalized spacial score (nSPS) is 18.1. The summed E-state index contributed by atoms with van der Waals surface area (Å²) in [6.07, 6.45) is 3.40. The fourth-order valence-corrected chi connectivity index (χ4v) is 6.74. The zero-order valence-electron chi connectivity index (χ0n) is 17.5. The lowest BCUT2D eigenvalue weighted by atomic mass is 10.2. The number of hydrogen-bond donors (Lipinski definition) is 0. The Morgan fingerprint density at radius 2 is 1.72 bits per heavy atom. The third kappa shape index (κ3) is 4.10. The predicted molar refractivity (Wildman–Crippen MR) is 129 cm³/mol. The van der Waals surface area contributed by atoms with Gasteiger partial charge in [-0.2, -0.15) is 0 Å². The smallest absolute Gasteiger partial charge is 0.269 e. The number of sulfonamides is 1. The van der Waals surface area contributed by atoms with Crippen molar-refractivity contribution in [3.8, 4) is 0 Å². The van der Waals surface area contributed by atoms with Crippen LogP contribution in [0.1, 0.15) is 23.2 Å². The van der Waals surface area contributed by atoms with Gasteiger partial charge in [-0.05, 0) is 49.0 Å². The maximum Gasteiger partial charge on any atom is 0.269 e. The van der Waals surface area contributed by atoms with Crippen molar-refractivity contribution >= 4 is 55.6 Å². The molecule has 2 aliphatic heterocycles. The van der Waals surface area contributed by atoms with Gasteiger partial charge in [-0.15, -0.1) is 23.7 Å². The minimum absolute atomic E-state index is 0.